The Hall–Kier alpha value is -2.61. The first-order valence-corrected chi connectivity index (χ1v) is 7.95. The molecule has 6 nitrogen and oxygen atoms in total. The number of halogens is 2. The Morgan fingerprint density at radius 2 is 1.88 bits per heavy atom. The molecule has 25 heavy (non-hydrogen) atoms. The Morgan fingerprint density at radius 1 is 1.12 bits per heavy atom. The number of hydrogen-bond acceptors (Lipinski definition) is 5. The molecule has 0 aromatic heterocycles. The number of anilines is 1. The van der Waals surface area contributed by atoms with E-state index in [9.17, 15) is 14.0 Å². The van der Waals surface area contributed by atoms with E-state index in [4.69, 9.17) is 14.2 Å². The number of ether oxygens (including phenoxy) is 3. The molecule has 0 aliphatic carbocycles. The molecule has 0 saturated heterocycles. The van der Waals surface area contributed by atoms with Crippen LogP contribution < -0.4 is 14.8 Å². The topological polar surface area (TPSA) is 73.9 Å². The molecule has 1 N–H and O–H groups in total. The summed E-state index contributed by atoms with van der Waals surface area (Å²) in [6.07, 6.45) is 0. The Bertz CT molecular complexity index is 768. The highest BCUT2D eigenvalue weighted by Crippen LogP contribution is 2.25. The zero-order valence-electron chi connectivity index (χ0n) is 13.3. The summed E-state index contributed by atoms with van der Waals surface area (Å²) < 4.78 is 28.5. The van der Waals surface area contributed by atoms with Crippen LogP contribution in [0.2, 0.25) is 0 Å². The lowest BCUT2D eigenvalue weighted by Crippen LogP contribution is -2.23. The van der Waals surface area contributed by atoms with Gasteiger partial charge in [0.2, 0.25) is 0 Å². The van der Waals surface area contributed by atoms with E-state index in [-0.39, 0.29) is 5.75 Å². The molecule has 1 amide bonds. The number of amides is 1. The van der Waals surface area contributed by atoms with E-state index in [1.165, 1.54) is 25.3 Å². The molecule has 2 aromatic carbocycles. The van der Waals surface area contributed by atoms with Crippen LogP contribution >= 0.6 is 15.9 Å². The summed E-state index contributed by atoms with van der Waals surface area (Å²) in [5.74, 6) is -0.898. The van der Waals surface area contributed by atoms with Crippen LogP contribution in [0.4, 0.5) is 10.1 Å². The maximum absolute atomic E-state index is 13.0. The van der Waals surface area contributed by atoms with Gasteiger partial charge in [-0.05, 0) is 46.3 Å². The zero-order valence-corrected chi connectivity index (χ0v) is 14.8. The van der Waals surface area contributed by atoms with E-state index in [2.05, 4.69) is 21.2 Å². The molecule has 0 saturated carbocycles. The second kappa shape index (κ2) is 9.03. The molecular formula is C17H15BrFNO5. The molecule has 0 radical (unpaired) electrons. The van der Waals surface area contributed by atoms with Crippen molar-refractivity contribution in [1.29, 1.82) is 0 Å². The molecule has 0 unspecified atom stereocenters. The van der Waals surface area contributed by atoms with Gasteiger partial charge < -0.3 is 19.5 Å². The van der Waals surface area contributed by atoms with Crippen LogP contribution in [-0.4, -0.2) is 32.2 Å². The van der Waals surface area contributed by atoms with Gasteiger partial charge in [0, 0.05) is 0 Å². The third-order valence-corrected chi connectivity index (χ3v) is 3.60. The number of hydrogen-bond donors (Lipinski definition) is 1. The van der Waals surface area contributed by atoms with Crippen molar-refractivity contribution in [2.24, 2.45) is 0 Å². The Morgan fingerprint density at radius 3 is 2.60 bits per heavy atom. The summed E-state index contributed by atoms with van der Waals surface area (Å²) in [5.41, 5.74) is 0.470. The summed E-state index contributed by atoms with van der Waals surface area (Å²) in [4.78, 5) is 23.5. The number of rotatable bonds is 7. The van der Waals surface area contributed by atoms with Gasteiger partial charge in [0.15, 0.2) is 13.2 Å². The second-order valence-corrected chi connectivity index (χ2v) is 5.63. The monoisotopic (exact) mass is 411 g/mol. The summed E-state index contributed by atoms with van der Waals surface area (Å²) in [6, 6.07) is 10.6. The van der Waals surface area contributed by atoms with E-state index < -0.39 is 30.9 Å². The molecule has 2 rings (SSSR count). The van der Waals surface area contributed by atoms with Crippen molar-refractivity contribution in [1.82, 2.24) is 0 Å². The highest BCUT2D eigenvalue weighted by Gasteiger charge is 2.12. The number of carbonyl (C=O) groups is 2. The molecular weight excluding hydrogens is 397 g/mol. The number of esters is 1. The van der Waals surface area contributed by atoms with Crippen LogP contribution in [-0.2, 0) is 14.3 Å². The Kier molecular flexibility index (Phi) is 6.76. The van der Waals surface area contributed by atoms with Gasteiger partial charge in [-0.25, -0.2) is 9.18 Å². The largest absolute Gasteiger partial charge is 0.495 e. The molecule has 0 aliphatic rings. The van der Waals surface area contributed by atoms with Crippen molar-refractivity contribution < 1.29 is 28.2 Å². The van der Waals surface area contributed by atoms with Gasteiger partial charge in [-0.15, -0.1) is 0 Å². The van der Waals surface area contributed by atoms with E-state index in [0.29, 0.717) is 15.9 Å². The number of carbonyl (C=O) groups excluding carboxylic acids is 2. The molecule has 0 spiro atoms. The van der Waals surface area contributed by atoms with Crippen LogP contribution in [0.3, 0.4) is 0 Å². The number of benzene rings is 2. The fraction of sp³-hybridized carbons (Fsp3) is 0.176. The maximum Gasteiger partial charge on any atom is 0.344 e. The molecule has 0 heterocycles. The lowest BCUT2D eigenvalue weighted by molar-refractivity contribution is -0.149. The molecule has 0 atom stereocenters. The highest BCUT2D eigenvalue weighted by molar-refractivity contribution is 9.10. The average Bonchev–Trinajstić information content (AvgIpc) is 2.59. The molecule has 132 valence electrons. The molecule has 0 bridgehead atoms. The van der Waals surface area contributed by atoms with Gasteiger partial charge in [0.05, 0.1) is 17.3 Å². The highest BCUT2D eigenvalue weighted by atomic mass is 79.9. The van der Waals surface area contributed by atoms with Crippen molar-refractivity contribution in [3.63, 3.8) is 0 Å². The fourth-order valence-electron chi connectivity index (χ4n) is 1.85. The second-order valence-electron chi connectivity index (χ2n) is 4.77. The zero-order chi connectivity index (χ0) is 18.2. The molecule has 0 aliphatic heterocycles. The van der Waals surface area contributed by atoms with Crippen LogP contribution in [0.1, 0.15) is 0 Å². The van der Waals surface area contributed by atoms with Crippen LogP contribution in [0.5, 0.6) is 11.5 Å². The van der Waals surface area contributed by atoms with E-state index in [0.717, 1.165) is 0 Å². The van der Waals surface area contributed by atoms with Crippen molar-refractivity contribution >= 4 is 33.5 Å². The van der Waals surface area contributed by atoms with Gasteiger partial charge in [0.1, 0.15) is 17.3 Å². The summed E-state index contributed by atoms with van der Waals surface area (Å²) in [6.45, 7) is -0.878. The van der Waals surface area contributed by atoms with Gasteiger partial charge in [-0.1, -0.05) is 12.1 Å². The van der Waals surface area contributed by atoms with Crippen molar-refractivity contribution in [2.45, 2.75) is 0 Å². The number of nitrogens with one attached hydrogen (secondary N) is 1. The number of para-hydroxylation sites is 2. The Labute approximate surface area is 152 Å². The molecule has 2 aromatic rings. The smallest absolute Gasteiger partial charge is 0.344 e. The van der Waals surface area contributed by atoms with Gasteiger partial charge in [-0.2, -0.15) is 0 Å². The van der Waals surface area contributed by atoms with E-state index >= 15 is 0 Å². The fourth-order valence-corrected chi connectivity index (χ4v) is 2.32. The van der Waals surface area contributed by atoms with Gasteiger partial charge in [0.25, 0.3) is 5.91 Å². The standard InChI is InChI=1S/C17H15BrFNO5/c1-23-15-5-3-2-4-13(15)20-16(21)9-25-17(22)10-24-14-7-6-11(19)8-12(14)18/h2-8H,9-10H2,1H3,(H,20,21). The first-order chi connectivity index (χ1) is 12.0. The third-order valence-electron chi connectivity index (χ3n) is 2.98. The van der Waals surface area contributed by atoms with Crippen LogP contribution in [0.25, 0.3) is 0 Å². The quantitative estimate of drug-likeness (QED) is 0.708. The van der Waals surface area contributed by atoms with Crippen molar-refractivity contribution in [3.8, 4) is 11.5 Å². The summed E-state index contributed by atoms with van der Waals surface area (Å²) in [5, 5.41) is 2.57. The minimum Gasteiger partial charge on any atom is -0.495 e. The van der Waals surface area contributed by atoms with E-state index in [1.807, 2.05) is 0 Å². The summed E-state index contributed by atoms with van der Waals surface area (Å²) in [7, 11) is 1.48. The predicted molar refractivity (Wildman–Crippen MR) is 92.2 cm³/mol. The minimum absolute atomic E-state index is 0.289. The first-order valence-electron chi connectivity index (χ1n) is 7.16. The lowest BCUT2D eigenvalue weighted by Gasteiger charge is -2.10. The summed E-state index contributed by atoms with van der Waals surface area (Å²) >= 11 is 3.12. The minimum atomic E-state index is -0.730. The number of methoxy groups -OCH3 is 1. The Balaban J connectivity index is 1.78. The van der Waals surface area contributed by atoms with Gasteiger partial charge in [-0.3, -0.25) is 4.79 Å². The van der Waals surface area contributed by atoms with Crippen LogP contribution in [0.15, 0.2) is 46.9 Å². The SMILES string of the molecule is COc1ccccc1NC(=O)COC(=O)COc1ccc(F)cc1Br. The average molecular weight is 412 g/mol. The maximum atomic E-state index is 13.0. The van der Waals surface area contributed by atoms with Crippen LogP contribution in [0, 0.1) is 5.82 Å². The normalized spacial score (nSPS) is 10.0. The predicted octanol–water partition coefficient (Wildman–Crippen LogP) is 3.16. The lowest BCUT2D eigenvalue weighted by atomic mass is 10.3. The molecule has 8 heteroatoms. The first kappa shape index (κ1) is 18.7. The van der Waals surface area contributed by atoms with Crippen molar-refractivity contribution in [3.05, 3.63) is 52.8 Å². The van der Waals surface area contributed by atoms with Crippen molar-refractivity contribution in [2.75, 3.05) is 25.6 Å². The third kappa shape index (κ3) is 5.75. The van der Waals surface area contributed by atoms with E-state index in [1.54, 1.807) is 24.3 Å². The van der Waals surface area contributed by atoms with Gasteiger partial charge >= 0.3 is 5.97 Å². The molecule has 0 fully saturated rings.